The molecule has 2 aromatic heterocycles. The fourth-order valence-corrected chi connectivity index (χ4v) is 5.89. The maximum atomic E-state index is 12.3. The lowest BCUT2D eigenvalue weighted by molar-refractivity contribution is -0.118. The number of halogens is 1. The summed E-state index contributed by atoms with van der Waals surface area (Å²) in [5, 5.41) is 9.03. The number of benzene rings is 2. The minimum atomic E-state index is -0.225. The van der Waals surface area contributed by atoms with Crippen LogP contribution < -0.4 is 20.3 Å². The Morgan fingerprint density at radius 2 is 1.89 bits per heavy atom. The Hall–Kier alpha value is -3.27. The number of nitrogens with zero attached hydrogens (tertiary/aromatic N) is 2. The van der Waals surface area contributed by atoms with Gasteiger partial charge in [-0.05, 0) is 82.7 Å². The molecule has 2 aromatic carbocycles. The van der Waals surface area contributed by atoms with Gasteiger partial charge >= 0.3 is 0 Å². The third-order valence-corrected chi connectivity index (χ3v) is 7.60. The van der Waals surface area contributed by atoms with E-state index in [-0.39, 0.29) is 24.6 Å². The van der Waals surface area contributed by atoms with Gasteiger partial charge in [0.1, 0.15) is 5.75 Å². The lowest BCUT2D eigenvalue weighted by Crippen LogP contribution is -2.29. The monoisotopic (exact) mass is 564 g/mol. The molecule has 9 heteroatoms. The van der Waals surface area contributed by atoms with Crippen LogP contribution >= 0.6 is 39.5 Å². The Kier molecular flexibility index (Phi) is 7.08. The maximum absolute atomic E-state index is 12.3. The van der Waals surface area contributed by atoms with E-state index in [9.17, 15) is 4.79 Å². The van der Waals surface area contributed by atoms with Gasteiger partial charge in [-0.2, -0.15) is 0 Å². The van der Waals surface area contributed by atoms with Gasteiger partial charge < -0.3 is 20.3 Å². The summed E-state index contributed by atoms with van der Waals surface area (Å²) in [5.74, 6) is 0.429. The van der Waals surface area contributed by atoms with E-state index in [0.717, 1.165) is 20.7 Å². The topological polar surface area (TPSA) is 66.5 Å². The number of carbonyl (C=O) groups is 1. The Balaban J connectivity index is 1.34. The summed E-state index contributed by atoms with van der Waals surface area (Å²) >= 11 is 11.0. The minimum Gasteiger partial charge on any atom is -0.484 e. The Morgan fingerprint density at radius 3 is 2.57 bits per heavy atom. The lowest BCUT2D eigenvalue weighted by atomic mass is 10.0. The van der Waals surface area contributed by atoms with Crippen molar-refractivity contribution in [3.8, 4) is 5.75 Å². The molecule has 176 valence electrons. The van der Waals surface area contributed by atoms with Gasteiger partial charge in [0.15, 0.2) is 11.7 Å². The van der Waals surface area contributed by atoms with Gasteiger partial charge in [0, 0.05) is 32.3 Å². The number of hydrogen-bond donors (Lipinski definition) is 2. The van der Waals surface area contributed by atoms with Crippen LogP contribution in [-0.4, -0.2) is 22.6 Å². The molecule has 1 saturated heterocycles. The molecule has 2 N–H and O–H groups in total. The van der Waals surface area contributed by atoms with E-state index in [1.54, 1.807) is 17.5 Å². The van der Waals surface area contributed by atoms with Crippen molar-refractivity contribution < 1.29 is 9.53 Å². The van der Waals surface area contributed by atoms with Crippen LogP contribution in [0.5, 0.6) is 5.75 Å². The molecule has 1 aliphatic heterocycles. The first-order chi connectivity index (χ1) is 17.1. The van der Waals surface area contributed by atoms with Crippen molar-refractivity contribution >= 4 is 61.9 Å². The number of amides is 1. The van der Waals surface area contributed by atoms with Gasteiger partial charge in [0.2, 0.25) is 0 Å². The van der Waals surface area contributed by atoms with Crippen LogP contribution in [0.2, 0.25) is 0 Å². The van der Waals surface area contributed by atoms with E-state index in [1.807, 2.05) is 72.8 Å². The SMILES string of the molecule is O=C(COc1ccccc1)Nc1ccc(N2C(=S)N[C@@H](c3ccccn3)[C@@H]2c2cc(Br)cs2)cc1. The summed E-state index contributed by atoms with van der Waals surface area (Å²) in [6.45, 7) is -0.0625. The number of rotatable bonds is 7. The third-order valence-electron chi connectivity index (χ3n) is 5.52. The van der Waals surface area contributed by atoms with Crippen molar-refractivity contribution in [3.05, 3.63) is 105 Å². The molecule has 0 spiro atoms. The summed E-state index contributed by atoms with van der Waals surface area (Å²) in [4.78, 5) is 20.2. The molecule has 0 aliphatic carbocycles. The number of carbonyl (C=O) groups excluding carboxylic acids is 1. The predicted molar refractivity (Wildman–Crippen MR) is 147 cm³/mol. The summed E-state index contributed by atoms with van der Waals surface area (Å²) in [6.07, 6.45) is 1.79. The Bertz CT molecular complexity index is 1320. The van der Waals surface area contributed by atoms with Crippen LogP contribution in [0.3, 0.4) is 0 Å². The Labute approximate surface area is 221 Å². The van der Waals surface area contributed by atoms with Crippen molar-refractivity contribution in [2.75, 3.05) is 16.8 Å². The number of thiophene rings is 1. The Morgan fingerprint density at radius 1 is 1.11 bits per heavy atom. The van der Waals surface area contributed by atoms with Crippen LogP contribution in [0.4, 0.5) is 11.4 Å². The fraction of sp³-hybridized carbons (Fsp3) is 0.115. The van der Waals surface area contributed by atoms with Crippen LogP contribution in [0.25, 0.3) is 0 Å². The van der Waals surface area contributed by atoms with Crippen molar-refractivity contribution in [1.29, 1.82) is 0 Å². The van der Waals surface area contributed by atoms with E-state index >= 15 is 0 Å². The highest BCUT2D eigenvalue weighted by Gasteiger charge is 2.41. The van der Waals surface area contributed by atoms with Crippen LogP contribution in [-0.2, 0) is 4.79 Å². The molecule has 1 amide bonds. The second-order valence-electron chi connectivity index (χ2n) is 7.86. The van der Waals surface area contributed by atoms with E-state index < -0.39 is 0 Å². The minimum absolute atomic E-state index is 0.0617. The van der Waals surface area contributed by atoms with Crippen LogP contribution in [0, 0.1) is 0 Å². The van der Waals surface area contributed by atoms with Crippen LogP contribution in [0.15, 0.2) is 94.9 Å². The van der Waals surface area contributed by atoms with E-state index in [0.29, 0.717) is 16.5 Å². The van der Waals surface area contributed by atoms with Crippen molar-refractivity contribution in [3.63, 3.8) is 0 Å². The largest absolute Gasteiger partial charge is 0.484 e. The third kappa shape index (κ3) is 5.37. The van der Waals surface area contributed by atoms with E-state index in [2.05, 4.69) is 47.9 Å². The molecule has 1 fully saturated rings. The standard InChI is InChI=1S/C26H21BrN4O2S2/c27-17-14-22(35-16-17)25-24(21-8-4-5-13-28-21)30-26(34)31(25)19-11-9-18(10-12-19)29-23(32)15-33-20-6-2-1-3-7-20/h1-14,16,24-25H,15H2,(H,29,32)(H,30,34)/t24-,25-/m0/s1. The number of hydrogen-bond acceptors (Lipinski definition) is 5. The summed E-state index contributed by atoms with van der Waals surface area (Å²) < 4.78 is 6.56. The molecule has 35 heavy (non-hydrogen) atoms. The normalized spacial score (nSPS) is 17.2. The molecule has 3 heterocycles. The van der Waals surface area contributed by atoms with Crippen molar-refractivity contribution in [2.45, 2.75) is 12.1 Å². The smallest absolute Gasteiger partial charge is 0.262 e. The summed E-state index contributed by atoms with van der Waals surface area (Å²) in [6, 6.07) is 24.8. The first kappa shape index (κ1) is 23.5. The highest BCUT2D eigenvalue weighted by Crippen LogP contribution is 2.44. The van der Waals surface area contributed by atoms with Gasteiger partial charge in [0.25, 0.3) is 5.91 Å². The van der Waals surface area contributed by atoms with Crippen molar-refractivity contribution in [1.82, 2.24) is 10.3 Å². The number of anilines is 2. The first-order valence-electron chi connectivity index (χ1n) is 10.9. The molecule has 0 bridgehead atoms. The number of nitrogens with one attached hydrogen (secondary N) is 2. The number of pyridine rings is 1. The average molecular weight is 566 g/mol. The number of para-hydroxylation sites is 1. The second kappa shape index (κ2) is 10.6. The van der Waals surface area contributed by atoms with Gasteiger partial charge in [-0.25, -0.2) is 0 Å². The molecule has 5 rings (SSSR count). The number of thiocarbonyl (C=S) groups is 1. The molecule has 0 saturated carbocycles. The van der Waals surface area contributed by atoms with Gasteiger partial charge in [-0.1, -0.05) is 24.3 Å². The zero-order valence-corrected chi connectivity index (χ0v) is 21.6. The highest BCUT2D eigenvalue weighted by molar-refractivity contribution is 9.10. The molecule has 1 aliphatic rings. The molecule has 2 atom stereocenters. The number of aromatic nitrogens is 1. The van der Waals surface area contributed by atoms with Crippen LogP contribution in [0.1, 0.15) is 22.7 Å². The quantitative estimate of drug-likeness (QED) is 0.264. The summed E-state index contributed by atoms with van der Waals surface area (Å²) in [5.41, 5.74) is 2.54. The molecule has 4 aromatic rings. The first-order valence-corrected chi connectivity index (χ1v) is 13.0. The lowest BCUT2D eigenvalue weighted by Gasteiger charge is -2.27. The fourth-order valence-electron chi connectivity index (χ4n) is 3.97. The zero-order valence-electron chi connectivity index (χ0n) is 18.4. The highest BCUT2D eigenvalue weighted by atomic mass is 79.9. The van der Waals surface area contributed by atoms with Gasteiger partial charge in [0.05, 0.1) is 17.8 Å². The van der Waals surface area contributed by atoms with E-state index in [1.165, 1.54) is 0 Å². The molecule has 0 radical (unpaired) electrons. The molecular weight excluding hydrogens is 544 g/mol. The second-order valence-corrected chi connectivity index (χ2v) is 10.1. The van der Waals surface area contributed by atoms with E-state index in [4.69, 9.17) is 17.0 Å². The van der Waals surface area contributed by atoms with Gasteiger partial charge in [-0.3, -0.25) is 9.78 Å². The zero-order chi connectivity index (χ0) is 24.2. The molecule has 6 nitrogen and oxygen atoms in total. The maximum Gasteiger partial charge on any atom is 0.262 e. The number of ether oxygens (including phenoxy) is 1. The van der Waals surface area contributed by atoms with Crippen molar-refractivity contribution in [2.24, 2.45) is 0 Å². The van der Waals surface area contributed by atoms with Gasteiger partial charge in [-0.15, -0.1) is 11.3 Å². The molecule has 0 unspecified atom stereocenters. The molecular formula is C26H21BrN4O2S2. The average Bonchev–Trinajstić information content (AvgIpc) is 3.47. The summed E-state index contributed by atoms with van der Waals surface area (Å²) in [7, 11) is 0. The predicted octanol–water partition coefficient (Wildman–Crippen LogP) is 6.10.